The minimum Gasteiger partial charge on any atom is -0.481 e. The first-order chi connectivity index (χ1) is 15.0. The van der Waals surface area contributed by atoms with Gasteiger partial charge < -0.3 is 14.7 Å². The lowest BCUT2D eigenvalue weighted by Crippen LogP contribution is -2.44. The lowest BCUT2D eigenvalue weighted by molar-refractivity contribution is -0.151. The Morgan fingerprint density at radius 1 is 1.13 bits per heavy atom. The number of nitrogens with zero attached hydrogens (tertiary/aromatic N) is 3. The van der Waals surface area contributed by atoms with E-state index < -0.39 is 11.9 Å². The fourth-order valence-electron chi connectivity index (χ4n) is 5.85. The molecule has 0 radical (unpaired) electrons. The fourth-order valence-corrected chi connectivity index (χ4v) is 6.01. The Morgan fingerprint density at radius 3 is 2.68 bits per heavy atom. The molecule has 6 nitrogen and oxygen atoms in total. The summed E-state index contributed by atoms with van der Waals surface area (Å²) in [5, 5.41) is 11.7. The van der Waals surface area contributed by atoms with E-state index in [1.807, 2.05) is 22.9 Å². The minimum absolute atomic E-state index is 0.149. The molecule has 0 spiro atoms. The van der Waals surface area contributed by atoms with Gasteiger partial charge in [-0.05, 0) is 49.7 Å². The van der Waals surface area contributed by atoms with Crippen molar-refractivity contribution in [2.24, 2.45) is 17.8 Å². The highest BCUT2D eigenvalue weighted by Crippen LogP contribution is 2.52. The third-order valence-electron chi connectivity index (χ3n) is 7.23. The quantitative estimate of drug-likeness (QED) is 0.446. The molecule has 3 saturated carbocycles. The van der Waals surface area contributed by atoms with Gasteiger partial charge in [0.2, 0.25) is 0 Å². The Balaban J connectivity index is 1.53. The number of carboxylic acids is 1. The van der Waals surface area contributed by atoms with Gasteiger partial charge in [-0.25, -0.2) is 9.37 Å². The highest BCUT2D eigenvalue weighted by molar-refractivity contribution is 6.31. The molecule has 0 amide bonds. The number of rotatable bonds is 3. The van der Waals surface area contributed by atoms with Gasteiger partial charge in [0.25, 0.3) is 0 Å². The van der Waals surface area contributed by atoms with Crippen molar-refractivity contribution in [1.82, 2.24) is 19.5 Å². The van der Waals surface area contributed by atoms with E-state index in [-0.39, 0.29) is 23.7 Å². The number of carboxylic acid groups (broad SMARTS) is 1. The molecule has 2 atom stereocenters. The van der Waals surface area contributed by atoms with Gasteiger partial charge in [0.1, 0.15) is 11.5 Å². The number of hydrogen-bond acceptors (Lipinski definition) is 3. The molecule has 7 rings (SSSR count). The molecule has 3 fully saturated rings. The lowest BCUT2D eigenvalue weighted by atomic mass is 9.61. The standard InChI is InChI=1S/C23H20ClFN4O2/c24-13-5-14-15(8-28-22(14)27-7-13)18-6-19-16(9-26-18)17(25)10-29(19)21-12-3-1-11(2-4-12)20(21)23(30)31/h5-12,20-21H,1-4H2,(H,27,28)(H,30,31)/t11?,12?,20-,21?/m1/s1. The van der Waals surface area contributed by atoms with E-state index in [1.165, 1.54) is 12.4 Å². The monoisotopic (exact) mass is 438 g/mol. The van der Waals surface area contributed by atoms with Crippen LogP contribution in [0.25, 0.3) is 33.2 Å². The summed E-state index contributed by atoms with van der Waals surface area (Å²) in [4.78, 5) is 24.1. The predicted octanol–water partition coefficient (Wildman–Crippen LogP) is 5.43. The van der Waals surface area contributed by atoms with Gasteiger partial charge in [-0.2, -0.15) is 0 Å². The average Bonchev–Trinajstić information content (AvgIpc) is 3.34. The maximum Gasteiger partial charge on any atom is 0.308 e. The highest BCUT2D eigenvalue weighted by atomic mass is 35.5. The van der Waals surface area contributed by atoms with Gasteiger partial charge >= 0.3 is 5.97 Å². The normalized spacial score (nSPS) is 25.5. The van der Waals surface area contributed by atoms with Crippen molar-refractivity contribution in [3.8, 4) is 11.3 Å². The van der Waals surface area contributed by atoms with Gasteiger partial charge in [0.15, 0.2) is 0 Å². The Morgan fingerprint density at radius 2 is 1.90 bits per heavy atom. The molecule has 4 heterocycles. The Hall–Kier alpha value is -2.93. The molecule has 2 bridgehead atoms. The summed E-state index contributed by atoms with van der Waals surface area (Å²) >= 11 is 6.14. The van der Waals surface area contributed by atoms with Gasteiger partial charge in [-0.1, -0.05) is 11.6 Å². The molecule has 0 aromatic carbocycles. The summed E-state index contributed by atoms with van der Waals surface area (Å²) in [6.45, 7) is 0. The Bertz CT molecular complexity index is 1340. The molecule has 158 valence electrons. The summed E-state index contributed by atoms with van der Waals surface area (Å²) in [7, 11) is 0. The first kappa shape index (κ1) is 18.8. The van der Waals surface area contributed by atoms with Crippen molar-refractivity contribution in [2.45, 2.75) is 31.7 Å². The number of fused-ring (bicyclic) bond motifs is 5. The zero-order valence-electron chi connectivity index (χ0n) is 16.6. The number of aromatic amines is 1. The van der Waals surface area contributed by atoms with Gasteiger partial charge in [0, 0.05) is 35.7 Å². The fraction of sp³-hybridized carbons (Fsp3) is 0.348. The van der Waals surface area contributed by atoms with Crippen LogP contribution in [0, 0.1) is 23.6 Å². The minimum atomic E-state index is -0.784. The molecule has 4 aromatic rings. The second kappa shape index (κ2) is 6.79. The molecule has 8 heteroatoms. The average molecular weight is 439 g/mol. The third kappa shape index (κ3) is 2.79. The summed E-state index contributed by atoms with van der Waals surface area (Å²) in [6.07, 6.45) is 10.2. The van der Waals surface area contributed by atoms with Gasteiger partial charge in [-0.15, -0.1) is 0 Å². The summed E-state index contributed by atoms with van der Waals surface area (Å²) in [5.41, 5.74) is 2.85. The van der Waals surface area contributed by atoms with Gasteiger partial charge in [-0.3, -0.25) is 9.78 Å². The van der Waals surface area contributed by atoms with E-state index in [9.17, 15) is 14.3 Å². The largest absolute Gasteiger partial charge is 0.481 e. The van der Waals surface area contributed by atoms with Crippen LogP contribution in [0.1, 0.15) is 31.7 Å². The molecular weight excluding hydrogens is 419 g/mol. The van der Waals surface area contributed by atoms with Crippen molar-refractivity contribution in [3.05, 3.63) is 47.8 Å². The second-order valence-corrected chi connectivity index (χ2v) is 9.19. The number of aliphatic carboxylic acids is 1. The molecule has 0 aliphatic heterocycles. The van der Waals surface area contributed by atoms with E-state index in [4.69, 9.17) is 11.6 Å². The van der Waals surface area contributed by atoms with Crippen LogP contribution in [0.2, 0.25) is 5.02 Å². The number of H-pyrrole nitrogens is 1. The zero-order chi connectivity index (χ0) is 21.3. The van der Waals surface area contributed by atoms with Crippen LogP contribution < -0.4 is 0 Å². The SMILES string of the molecule is O=C(O)[C@@H]1C2CCC(CC2)C1n1cc(F)c2cnc(-c3c[nH]c4ncc(Cl)cc34)cc21. The molecule has 31 heavy (non-hydrogen) atoms. The van der Waals surface area contributed by atoms with E-state index in [1.54, 1.807) is 6.20 Å². The number of carbonyl (C=O) groups is 1. The van der Waals surface area contributed by atoms with E-state index >= 15 is 0 Å². The second-order valence-electron chi connectivity index (χ2n) is 8.75. The lowest BCUT2D eigenvalue weighted by Gasteiger charge is -2.47. The van der Waals surface area contributed by atoms with Crippen molar-refractivity contribution >= 4 is 39.5 Å². The van der Waals surface area contributed by atoms with Crippen LogP contribution in [-0.2, 0) is 4.79 Å². The Kier molecular flexibility index (Phi) is 4.12. The predicted molar refractivity (Wildman–Crippen MR) is 115 cm³/mol. The molecule has 1 unspecified atom stereocenters. The van der Waals surface area contributed by atoms with Crippen LogP contribution in [0.3, 0.4) is 0 Å². The van der Waals surface area contributed by atoms with E-state index in [0.717, 1.165) is 36.6 Å². The first-order valence-corrected chi connectivity index (χ1v) is 10.9. The summed E-state index contributed by atoms with van der Waals surface area (Å²) in [6, 6.07) is 3.43. The Labute approximate surface area is 182 Å². The number of pyridine rings is 2. The van der Waals surface area contributed by atoms with Crippen LogP contribution in [0.15, 0.2) is 36.9 Å². The van der Waals surface area contributed by atoms with Crippen LogP contribution in [0.4, 0.5) is 4.39 Å². The van der Waals surface area contributed by atoms with Gasteiger partial charge in [0.05, 0.1) is 33.6 Å². The van der Waals surface area contributed by atoms with E-state index in [0.29, 0.717) is 27.3 Å². The van der Waals surface area contributed by atoms with Crippen molar-refractivity contribution < 1.29 is 14.3 Å². The maximum absolute atomic E-state index is 14.9. The molecule has 0 saturated heterocycles. The van der Waals surface area contributed by atoms with Crippen molar-refractivity contribution in [3.63, 3.8) is 0 Å². The van der Waals surface area contributed by atoms with E-state index in [2.05, 4.69) is 15.0 Å². The molecular formula is C23H20ClFN4O2. The summed E-state index contributed by atoms with van der Waals surface area (Å²) in [5.74, 6) is -1.25. The first-order valence-electron chi connectivity index (χ1n) is 10.5. The molecule has 3 aliphatic rings. The summed E-state index contributed by atoms with van der Waals surface area (Å²) < 4.78 is 16.7. The van der Waals surface area contributed by atoms with Crippen molar-refractivity contribution in [1.29, 1.82) is 0 Å². The third-order valence-corrected chi connectivity index (χ3v) is 7.43. The molecule has 3 aliphatic carbocycles. The van der Waals surface area contributed by atoms with Crippen LogP contribution in [-0.4, -0.2) is 30.6 Å². The molecule has 2 N–H and O–H groups in total. The smallest absolute Gasteiger partial charge is 0.308 e. The number of nitrogens with one attached hydrogen (secondary N) is 1. The number of hydrogen-bond donors (Lipinski definition) is 2. The maximum atomic E-state index is 14.9. The topological polar surface area (TPSA) is 83.8 Å². The molecule has 4 aromatic heterocycles. The van der Waals surface area contributed by atoms with Crippen LogP contribution in [0.5, 0.6) is 0 Å². The van der Waals surface area contributed by atoms with Crippen molar-refractivity contribution in [2.75, 3.05) is 0 Å². The highest BCUT2D eigenvalue weighted by Gasteiger charge is 2.48. The van der Waals surface area contributed by atoms with Crippen LogP contribution >= 0.6 is 11.6 Å². The zero-order valence-corrected chi connectivity index (χ0v) is 17.3. The number of aromatic nitrogens is 4. The number of halogens is 2.